The van der Waals surface area contributed by atoms with Gasteiger partial charge in [0.2, 0.25) is 0 Å². The minimum atomic E-state index is -1.86. The van der Waals surface area contributed by atoms with Crippen molar-refractivity contribution < 1.29 is 53.8 Å². The zero-order chi connectivity index (χ0) is 43.2. The maximum absolute atomic E-state index is 12.7. The summed E-state index contributed by atoms with van der Waals surface area (Å²) in [6.07, 6.45) is 31.8. The quantitative estimate of drug-likeness (QED) is 0.0341. The van der Waals surface area contributed by atoms with Gasteiger partial charge in [0.1, 0.15) is 24.9 Å². The number of unbranched alkanes of at least 4 members (excludes halogenated alkanes) is 31. The lowest BCUT2D eigenvalue weighted by molar-refractivity contribution is -0.298. The fraction of sp³-hybridized carbons (Fsp3) is 0.938. The van der Waals surface area contributed by atoms with E-state index in [0.29, 0.717) is 12.8 Å². The van der Waals surface area contributed by atoms with Crippen LogP contribution in [0.4, 0.5) is 0 Å². The number of esters is 2. The zero-order valence-electron chi connectivity index (χ0n) is 37.8. The highest BCUT2D eigenvalue weighted by atomic mass is 16.7. The minimum Gasteiger partial charge on any atom is -0.479 e. The summed E-state index contributed by atoms with van der Waals surface area (Å²) in [5, 5.41) is 39.8. The summed E-state index contributed by atoms with van der Waals surface area (Å²) in [4.78, 5) is 36.8. The SMILES string of the molecule is CCCCCCCCCCCCCCCCCCCCCCCCCC(=O)OCC(COC1OC(C(=O)O)C(O)C(O)C1O)OC(=O)CCCCCCCCCCCC. The van der Waals surface area contributed by atoms with Crippen LogP contribution in [0.15, 0.2) is 0 Å². The van der Waals surface area contributed by atoms with Gasteiger partial charge < -0.3 is 39.4 Å². The van der Waals surface area contributed by atoms with E-state index in [1.54, 1.807) is 0 Å². The van der Waals surface area contributed by atoms with E-state index >= 15 is 0 Å². The second kappa shape index (κ2) is 39.1. The molecule has 0 aromatic carbocycles. The first-order chi connectivity index (χ1) is 28.7. The number of carbonyl (C=O) groups excluding carboxylic acids is 2. The molecule has 0 spiro atoms. The van der Waals surface area contributed by atoms with Crippen molar-refractivity contribution in [1.82, 2.24) is 0 Å². The Hall–Kier alpha value is -1.79. The van der Waals surface area contributed by atoms with Crippen LogP contribution in [0, 0.1) is 0 Å². The molecule has 1 fully saturated rings. The highest BCUT2D eigenvalue weighted by Crippen LogP contribution is 2.23. The van der Waals surface area contributed by atoms with E-state index < -0.39 is 54.7 Å². The summed E-state index contributed by atoms with van der Waals surface area (Å²) in [6, 6.07) is 0. The summed E-state index contributed by atoms with van der Waals surface area (Å²) in [7, 11) is 0. The van der Waals surface area contributed by atoms with Gasteiger partial charge in [0.15, 0.2) is 18.5 Å². The molecule has 6 atom stereocenters. The van der Waals surface area contributed by atoms with Crippen LogP contribution in [0.5, 0.6) is 0 Å². The van der Waals surface area contributed by atoms with Crippen molar-refractivity contribution >= 4 is 17.9 Å². The van der Waals surface area contributed by atoms with E-state index in [-0.39, 0.29) is 26.1 Å². The maximum atomic E-state index is 12.7. The summed E-state index contributed by atoms with van der Waals surface area (Å²) < 4.78 is 21.7. The number of carbonyl (C=O) groups is 3. The smallest absolute Gasteiger partial charge is 0.335 e. The summed E-state index contributed by atoms with van der Waals surface area (Å²) >= 11 is 0. The predicted octanol–water partition coefficient (Wildman–Crippen LogP) is 11.0. The Balaban J connectivity index is 2.22. The van der Waals surface area contributed by atoms with Crippen LogP contribution in [0.2, 0.25) is 0 Å². The molecule has 11 nitrogen and oxygen atoms in total. The lowest BCUT2D eigenvalue weighted by Crippen LogP contribution is -2.60. The molecule has 11 heteroatoms. The lowest BCUT2D eigenvalue weighted by Gasteiger charge is -2.38. The first-order valence-electron chi connectivity index (χ1n) is 24.6. The van der Waals surface area contributed by atoms with Crippen molar-refractivity contribution in [3.8, 4) is 0 Å². The Morgan fingerprint density at radius 3 is 1.15 bits per heavy atom. The van der Waals surface area contributed by atoms with E-state index in [4.69, 9.17) is 18.9 Å². The molecule has 1 aliphatic rings. The average Bonchev–Trinajstić information content (AvgIpc) is 3.22. The summed E-state index contributed by atoms with van der Waals surface area (Å²) in [6.45, 7) is 3.83. The van der Waals surface area contributed by atoms with Crippen LogP contribution >= 0.6 is 0 Å². The molecule has 1 heterocycles. The molecule has 4 N–H and O–H groups in total. The normalized spacial score (nSPS) is 19.8. The number of carboxylic acids is 1. The van der Waals surface area contributed by atoms with Crippen LogP contribution < -0.4 is 0 Å². The third-order valence-electron chi connectivity index (χ3n) is 11.7. The van der Waals surface area contributed by atoms with E-state index in [0.717, 1.165) is 38.5 Å². The average molecular weight is 843 g/mol. The van der Waals surface area contributed by atoms with E-state index in [1.807, 2.05) is 0 Å². The zero-order valence-corrected chi connectivity index (χ0v) is 37.8. The third-order valence-corrected chi connectivity index (χ3v) is 11.7. The standard InChI is InChI=1S/C48H90O11/c1-3-5-7-9-11-13-15-16-17-18-19-20-21-22-23-24-25-26-27-29-30-32-34-36-41(49)56-38-40(39-57-48-45(53)43(51)44(52)46(59-48)47(54)55)58-42(50)37-35-33-31-28-14-12-10-8-6-4-2/h40,43-46,48,51-53H,3-39H2,1-2H3,(H,54,55). The van der Waals surface area contributed by atoms with Gasteiger partial charge in [-0.3, -0.25) is 9.59 Å². The molecule has 6 unspecified atom stereocenters. The van der Waals surface area contributed by atoms with E-state index in [1.165, 1.54) is 161 Å². The Kier molecular flexibility index (Phi) is 36.6. The van der Waals surface area contributed by atoms with Gasteiger partial charge in [-0.1, -0.05) is 213 Å². The second-order valence-corrected chi connectivity index (χ2v) is 17.3. The largest absolute Gasteiger partial charge is 0.479 e. The van der Waals surface area contributed by atoms with Crippen LogP contribution in [-0.4, -0.2) is 88.4 Å². The Bertz CT molecular complexity index is 994. The van der Waals surface area contributed by atoms with Gasteiger partial charge in [0, 0.05) is 12.8 Å². The lowest BCUT2D eigenvalue weighted by atomic mass is 9.99. The van der Waals surface area contributed by atoms with Crippen LogP contribution in [-0.2, 0) is 33.3 Å². The number of hydrogen-bond acceptors (Lipinski definition) is 10. The summed E-state index contributed by atoms with van der Waals surface area (Å²) in [5.41, 5.74) is 0. The van der Waals surface area contributed by atoms with Crippen molar-refractivity contribution in [2.24, 2.45) is 0 Å². The first-order valence-corrected chi connectivity index (χ1v) is 24.6. The van der Waals surface area contributed by atoms with E-state index in [2.05, 4.69) is 13.8 Å². The van der Waals surface area contributed by atoms with Crippen LogP contribution in [0.1, 0.15) is 239 Å². The van der Waals surface area contributed by atoms with Gasteiger partial charge in [-0.05, 0) is 12.8 Å². The van der Waals surface area contributed by atoms with Gasteiger partial charge >= 0.3 is 17.9 Å². The van der Waals surface area contributed by atoms with Crippen LogP contribution in [0.3, 0.4) is 0 Å². The molecule has 1 rings (SSSR count). The van der Waals surface area contributed by atoms with Crippen molar-refractivity contribution in [2.45, 2.75) is 275 Å². The Labute approximate surface area is 359 Å². The first kappa shape index (κ1) is 55.2. The molecule has 0 aromatic heterocycles. The topological polar surface area (TPSA) is 169 Å². The number of aliphatic carboxylic acids is 1. The summed E-state index contributed by atoms with van der Waals surface area (Å²) in [5.74, 6) is -2.42. The minimum absolute atomic E-state index is 0.189. The fourth-order valence-corrected chi connectivity index (χ4v) is 7.82. The number of aliphatic hydroxyl groups is 3. The van der Waals surface area contributed by atoms with Crippen molar-refractivity contribution in [3.63, 3.8) is 0 Å². The van der Waals surface area contributed by atoms with Gasteiger partial charge in [-0.25, -0.2) is 4.79 Å². The monoisotopic (exact) mass is 843 g/mol. The molecular weight excluding hydrogens is 753 g/mol. The Morgan fingerprint density at radius 1 is 0.458 bits per heavy atom. The predicted molar refractivity (Wildman–Crippen MR) is 234 cm³/mol. The molecule has 1 saturated heterocycles. The molecule has 0 aromatic rings. The molecule has 0 radical (unpaired) electrons. The third kappa shape index (κ3) is 30.8. The molecule has 0 amide bonds. The molecule has 0 aliphatic carbocycles. The van der Waals surface area contributed by atoms with Crippen molar-refractivity contribution in [2.75, 3.05) is 13.2 Å². The van der Waals surface area contributed by atoms with Crippen molar-refractivity contribution in [3.05, 3.63) is 0 Å². The number of aliphatic hydroxyl groups excluding tert-OH is 3. The van der Waals surface area contributed by atoms with Crippen molar-refractivity contribution in [1.29, 1.82) is 0 Å². The maximum Gasteiger partial charge on any atom is 0.335 e. The number of carboxylic acid groups (broad SMARTS) is 1. The second-order valence-electron chi connectivity index (χ2n) is 17.3. The highest BCUT2D eigenvalue weighted by Gasteiger charge is 2.47. The number of hydrogen-bond donors (Lipinski definition) is 4. The molecule has 1 aliphatic heterocycles. The van der Waals surface area contributed by atoms with Gasteiger partial charge in [0.05, 0.1) is 6.61 Å². The van der Waals surface area contributed by atoms with Crippen LogP contribution in [0.25, 0.3) is 0 Å². The molecule has 0 bridgehead atoms. The highest BCUT2D eigenvalue weighted by molar-refractivity contribution is 5.73. The van der Waals surface area contributed by atoms with Gasteiger partial charge in [0.25, 0.3) is 0 Å². The molecule has 59 heavy (non-hydrogen) atoms. The molecule has 0 saturated carbocycles. The van der Waals surface area contributed by atoms with Gasteiger partial charge in [-0.2, -0.15) is 0 Å². The van der Waals surface area contributed by atoms with Gasteiger partial charge in [-0.15, -0.1) is 0 Å². The molecule has 348 valence electrons. The molecular formula is C48H90O11. The fourth-order valence-electron chi connectivity index (χ4n) is 7.82. The number of ether oxygens (including phenoxy) is 4. The van der Waals surface area contributed by atoms with E-state index in [9.17, 15) is 34.8 Å². The number of rotatable bonds is 42. The Morgan fingerprint density at radius 2 is 0.797 bits per heavy atom.